The molecule has 15 heavy (non-hydrogen) atoms. The monoisotopic (exact) mass is 206 g/mol. The van der Waals surface area contributed by atoms with E-state index in [-0.39, 0.29) is 6.61 Å². The van der Waals surface area contributed by atoms with Crippen molar-refractivity contribution in [1.29, 1.82) is 0 Å². The number of hydrogen-bond donors (Lipinski definition) is 1. The second-order valence-electron chi connectivity index (χ2n) is 4.13. The number of benzene rings is 1. The van der Waals surface area contributed by atoms with E-state index in [0.717, 1.165) is 32.5 Å². The van der Waals surface area contributed by atoms with E-state index < -0.39 is 0 Å². The molecule has 2 nitrogen and oxygen atoms in total. The van der Waals surface area contributed by atoms with Gasteiger partial charge in [0.2, 0.25) is 0 Å². The molecule has 2 rings (SSSR count). The maximum absolute atomic E-state index is 8.79. The minimum Gasteiger partial charge on any atom is -0.396 e. The predicted molar refractivity (Wildman–Crippen MR) is 60.0 cm³/mol. The van der Waals surface area contributed by atoms with E-state index in [1.54, 1.807) is 0 Å². The molecule has 1 aromatic rings. The fourth-order valence-corrected chi connectivity index (χ4v) is 2.08. The van der Waals surface area contributed by atoms with Gasteiger partial charge in [-0.3, -0.25) is 0 Å². The first kappa shape index (κ1) is 10.7. The van der Waals surface area contributed by atoms with E-state index in [2.05, 4.69) is 24.3 Å². The summed E-state index contributed by atoms with van der Waals surface area (Å²) in [5, 5.41) is 8.79. The van der Waals surface area contributed by atoms with Crippen molar-refractivity contribution in [2.24, 2.45) is 0 Å². The van der Waals surface area contributed by atoms with E-state index >= 15 is 0 Å². The topological polar surface area (TPSA) is 29.5 Å². The van der Waals surface area contributed by atoms with Gasteiger partial charge in [-0.15, -0.1) is 0 Å². The summed E-state index contributed by atoms with van der Waals surface area (Å²) in [5.74, 6) is 0.582. The van der Waals surface area contributed by atoms with Crippen molar-refractivity contribution in [1.82, 2.24) is 0 Å². The molecule has 1 N–H and O–H groups in total. The Kier molecular flexibility index (Phi) is 3.75. The van der Waals surface area contributed by atoms with Crippen LogP contribution in [-0.4, -0.2) is 24.9 Å². The van der Waals surface area contributed by atoms with Gasteiger partial charge in [-0.1, -0.05) is 24.3 Å². The van der Waals surface area contributed by atoms with Gasteiger partial charge in [0, 0.05) is 19.1 Å². The highest BCUT2D eigenvalue weighted by Crippen LogP contribution is 2.25. The van der Waals surface area contributed by atoms with Crippen LogP contribution in [0.1, 0.15) is 29.9 Å². The molecule has 1 saturated heterocycles. The first-order valence-corrected chi connectivity index (χ1v) is 5.67. The lowest BCUT2D eigenvalue weighted by molar-refractivity contribution is 0.194. The molecule has 1 aliphatic heterocycles. The van der Waals surface area contributed by atoms with Crippen molar-refractivity contribution in [3.8, 4) is 0 Å². The van der Waals surface area contributed by atoms with Gasteiger partial charge in [-0.25, -0.2) is 0 Å². The normalized spacial score (nSPS) is 20.7. The quantitative estimate of drug-likeness (QED) is 0.817. The molecule has 1 atom stereocenters. The van der Waals surface area contributed by atoms with Crippen molar-refractivity contribution < 1.29 is 9.84 Å². The van der Waals surface area contributed by atoms with Crippen LogP contribution in [0.5, 0.6) is 0 Å². The average molecular weight is 206 g/mol. The molecule has 1 aliphatic rings. The Morgan fingerprint density at radius 2 is 2.33 bits per heavy atom. The largest absolute Gasteiger partial charge is 0.396 e. The zero-order valence-electron chi connectivity index (χ0n) is 8.98. The van der Waals surface area contributed by atoms with E-state index in [0.29, 0.717) is 5.92 Å². The highest BCUT2D eigenvalue weighted by atomic mass is 16.5. The van der Waals surface area contributed by atoms with E-state index in [4.69, 9.17) is 9.84 Å². The summed E-state index contributed by atoms with van der Waals surface area (Å²) in [5.41, 5.74) is 2.72. The maximum atomic E-state index is 8.79. The molecular formula is C13H18O2. The Morgan fingerprint density at radius 3 is 3.07 bits per heavy atom. The van der Waals surface area contributed by atoms with E-state index in [1.807, 2.05) is 0 Å². The highest BCUT2D eigenvalue weighted by molar-refractivity contribution is 5.27. The third-order valence-corrected chi connectivity index (χ3v) is 2.98. The van der Waals surface area contributed by atoms with Gasteiger partial charge in [-0.05, 0) is 30.4 Å². The molecule has 1 aromatic carbocycles. The third-order valence-electron chi connectivity index (χ3n) is 2.98. The number of aliphatic hydroxyl groups excluding tert-OH is 1. The van der Waals surface area contributed by atoms with E-state index in [9.17, 15) is 0 Å². The molecule has 0 spiro atoms. The van der Waals surface area contributed by atoms with Crippen molar-refractivity contribution in [3.63, 3.8) is 0 Å². The fraction of sp³-hybridized carbons (Fsp3) is 0.538. The number of hydrogen-bond acceptors (Lipinski definition) is 2. The van der Waals surface area contributed by atoms with Gasteiger partial charge >= 0.3 is 0 Å². The van der Waals surface area contributed by atoms with Crippen LogP contribution >= 0.6 is 0 Å². The molecule has 0 aromatic heterocycles. The van der Waals surface area contributed by atoms with Gasteiger partial charge in [0.15, 0.2) is 0 Å². The SMILES string of the molecule is OCCCc1cccc(C2CCOC2)c1. The maximum Gasteiger partial charge on any atom is 0.0535 e. The second-order valence-corrected chi connectivity index (χ2v) is 4.13. The summed E-state index contributed by atoms with van der Waals surface area (Å²) in [6.07, 6.45) is 2.96. The number of rotatable bonds is 4. The van der Waals surface area contributed by atoms with E-state index in [1.165, 1.54) is 11.1 Å². The lowest BCUT2D eigenvalue weighted by atomic mass is 9.96. The van der Waals surface area contributed by atoms with Crippen molar-refractivity contribution in [2.75, 3.05) is 19.8 Å². The zero-order chi connectivity index (χ0) is 10.5. The number of aryl methyl sites for hydroxylation is 1. The van der Waals surface area contributed by atoms with Gasteiger partial charge in [0.25, 0.3) is 0 Å². The van der Waals surface area contributed by atoms with Crippen LogP contribution in [0.2, 0.25) is 0 Å². The summed E-state index contributed by atoms with van der Waals surface area (Å²) in [6.45, 7) is 2.03. The highest BCUT2D eigenvalue weighted by Gasteiger charge is 2.17. The molecular weight excluding hydrogens is 188 g/mol. The number of aliphatic hydroxyl groups is 1. The Morgan fingerprint density at radius 1 is 1.40 bits per heavy atom. The molecule has 0 bridgehead atoms. The van der Waals surface area contributed by atoms with Crippen LogP contribution in [0.25, 0.3) is 0 Å². The summed E-state index contributed by atoms with van der Waals surface area (Å²) in [6, 6.07) is 8.69. The molecule has 2 heteroatoms. The zero-order valence-corrected chi connectivity index (χ0v) is 8.98. The third kappa shape index (κ3) is 2.80. The molecule has 82 valence electrons. The molecule has 0 radical (unpaired) electrons. The minimum absolute atomic E-state index is 0.275. The Labute approximate surface area is 90.9 Å². The van der Waals surface area contributed by atoms with Gasteiger partial charge in [-0.2, -0.15) is 0 Å². The molecule has 0 aliphatic carbocycles. The Hall–Kier alpha value is -0.860. The smallest absolute Gasteiger partial charge is 0.0535 e. The molecule has 1 unspecified atom stereocenters. The summed E-state index contributed by atoms with van der Waals surface area (Å²) < 4.78 is 5.39. The van der Waals surface area contributed by atoms with Crippen LogP contribution < -0.4 is 0 Å². The van der Waals surface area contributed by atoms with Crippen molar-refractivity contribution >= 4 is 0 Å². The molecule has 0 amide bonds. The molecule has 0 saturated carbocycles. The summed E-state index contributed by atoms with van der Waals surface area (Å²) in [4.78, 5) is 0. The predicted octanol–water partition coefficient (Wildman–Crippen LogP) is 2.12. The fourth-order valence-electron chi connectivity index (χ4n) is 2.08. The summed E-state index contributed by atoms with van der Waals surface area (Å²) >= 11 is 0. The minimum atomic E-state index is 0.275. The van der Waals surface area contributed by atoms with Crippen LogP contribution in [0.3, 0.4) is 0 Å². The standard InChI is InChI=1S/C13H18O2/c14-7-2-4-11-3-1-5-12(9-11)13-6-8-15-10-13/h1,3,5,9,13-14H,2,4,6-8,10H2. The van der Waals surface area contributed by atoms with Gasteiger partial charge < -0.3 is 9.84 Å². The number of ether oxygens (including phenoxy) is 1. The average Bonchev–Trinajstić information content (AvgIpc) is 2.80. The lowest BCUT2D eigenvalue weighted by Crippen LogP contribution is -1.99. The lowest BCUT2D eigenvalue weighted by Gasteiger charge is -2.09. The molecule has 1 fully saturated rings. The molecule has 1 heterocycles. The van der Waals surface area contributed by atoms with Crippen LogP contribution in [-0.2, 0) is 11.2 Å². The Bertz CT molecular complexity index is 303. The van der Waals surface area contributed by atoms with Gasteiger partial charge in [0.1, 0.15) is 0 Å². The van der Waals surface area contributed by atoms with Gasteiger partial charge in [0.05, 0.1) is 6.61 Å². The van der Waals surface area contributed by atoms with Crippen LogP contribution in [0.4, 0.5) is 0 Å². The first-order valence-electron chi connectivity index (χ1n) is 5.67. The first-order chi connectivity index (χ1) is 7.40. The van der Waals surface area contributed by atoms with Crippen molar-refractivity contribution in [3.05, 3.63) is 35.4 Å². The van der Waals surface area contributed by atoms with Crippen molar-refractivity contribution in [2.45, 2.75) is 25.2 Å². The van der Waals surface area contributed by atoms with Crippen LogP contribution in [0, 0.1) is 0 Å². The summed E-state index contributed by atoms with van der Waals surface area (Å²) in [7, 11) is 0. The second kappa shape index (κ2) is 5.29. The van der Waals surface area contributed by atoms with Crippen LogP contribution in [0.15, 0.2) is 24.3 Å². The Balaban J connectivity index is 2.04.